The van der Waals surface area contributed by atoms with Crippen LogP contribution in [0.5, 0.6) is 0 Å². The van der Waals surface area contributed by atoms with Crippen LogP contribution in [0.25, 0.3) is 0 Å². The van der Waals surface area contributed by atoms with Gasteiger partial charge in [-0.05, 0) is 49.3 Å². The van der Waals surface area contributed by atoms with Crippen LogP contribution in [0.2, 0.25) is 0 Å². The molecule has 2 aliphatic heterocycles. The van der Waals surface area contributed by atoms with E-state index < -0.39 is 5.41 Å². The molecule has 158 valence electrons. The van der Waals surface area contributed by atoms with Crippen LogP contribution in [0.1, 0.15) is 41.6 Å². The first-order valence-electron chi connectivity index (χ1n) is 10.8. The first-order chi connectivity index (χ1) is 14.7. The lowest BCUT2D eigenvalue weighted by atomic mass is 9.73. The van der Waals surface area contributed by atoms with Crippen molar-refractivity contribution in [2.24, 2.45) is 5.92 Å². The molecule has 0 radical (unpaired) electrons. The molecule has 0 unspecified atom stereocenters. The lowest BCUT2D eigenvalue weighted by molar-refractivity contribution is -0.130. The van der Waals surface area contributed by atoms with Gasteiger partial charge in [-0.15, -0.1) is 0 Å². The summed E-state index contributed by atoms with van der Waals surface area (Å²) in [6, 6.07) is 13.6. The Morgan fingerprint density at radius 3 is 2.37 bits per heavy atom. The van der Waals surface area contributed by atoms with Crippen molar-refractivity contribution in [2.75, 3.05) is 32.8 Å². The number of aromatic nitrogens is 1. The topological polar surface area (TPSA) is 71.5 Å². The number of nitrogens with one attached hydrogen (secondary N) is 1. The predicted octanol–water partition coefficient (Wildman–Crippen LogP) is 2.80. The third-order valence-corrected chi connectivity index (χ3v) is 6.49. The molecule has 3 heterocycles. The minimum atomic E-state index is -0.502. The third kappa shape index (κ3) is 4.38. The molecule has 4 rings (SSSR count). The number of amides is 2. The van der Waals surface area contributed by atoms with Crippen LogP contribution in [-0.4, -0.2) is 54.5 Å². The van der Waals surface area contributed by atoms with Gasteiger partial charge in [0.1, 0.15) is 0 Å². The molecule has 1 aromatic heterocycles. The van der Waals surface area contributed by atoms with Crippen LogP contribution in [0.4, 0.5) is 0 Å². The summed E-state index contributed by atoms with van der Waals surface area (Å²) in [5.41, 5.74) is 1.25. The van der Waals surface area contributed by atoms with Gasteiger partial charge in [-0.1, -0.05) is 30.3 Å². The second-order valence-corrected chi connectivity index (χ2v) is 8.24. The van der Waals surface area contributed by atoms with E-state index in [0.717, 1.165) is 31.5 Å². The van der Waals surface area contributed by atoms with Gasteiger partial charge >= 0.3 is 0 Å². The van der Waals surface area contributed by atoms with Crippen molar-refractivity contribution in [3.63, 3.8) is 0 Å². The standard InChI is InChI=1S/C24H29N3O3/c28-22(20-6-12-25-13-7-20)27-14-8-19(9-15-27)18-26-23(29)24(10-16-30-17-11-24)21-4-2-1-3-5-21/h1-7,12-13,19H,8-11,14-18H2,(H,26,29). The fraction of sp³-hybridized carbons (Fsp3) is 0.458. The Morgan fingerprint density at radius 1 is 1.03 bits per heavy atom. The monoisotopic (exact) mass is 407 g/mol. The summed E-state index contributed by atoms with van der Waals surface area (Å²) < 4.78 is 5.54. The Kier molecular flexibility index (Phi) is 6.43. The van der Waals surface area contributed by atoms with Gasteiger partial charge < -0.3 is 15.0 Å². The highest BCUT2D eigenvalue weighted by atomic mass is 16.5. The van der Waals surface area contributed by atoms with Crippen molar-refractivity contribution in [2.45, 2.75) is 31.1 Å². The summed E-state index contributed by atoms with van der Waals surface area (Å²) in [6.45, 7) is 3.32. The van der Waals surface area contributed by atoms with E-state index >= 15 is 0 Å². The summed E-state index contributed by atoms with van der Waals surface area (Å²) in [7, 11) is 0. The Morgan fingerprint density at radius 2 is 1.70 bits per heavy atom. The van der Waals surface area contributed by atoms with E-state index in [2.05, 4.69) is 10.3 Å². The number of nitrogens with zero attached hydrogens (tertiary/aromatic N) is 2. The van der Waals surface area contributed by atoms with Crippen LogP contribution in [0, 0.1) is 5.92 Å². The van der Waals surface area contributed by atoms with Crippen molar-refractivity contribution in [1.29, 1.82) is 0 Å². The van der Waals surface area contributed by atoms with Gasteiger partial charge in [-0.3, -0.25) is 14.6 Å². The largest absolute Gasteiger partial charge is 0.381 e. The highest BCUT2D eigenvalue weighted by Crippen LogP contribution is 2.35. The number of carbonyl (C=O) groups excluding carboxylic acids is 2. The number of ether oxygens (including phenoxy) is 1. The van der Waals surface area contributed by atoms with Gasteiger partial charge in [-0.25, -0.2) is 0 Å². The third-order valence-electron chi connectivity index (χ3n) is 6.49. The second-order valence-electron chi connectivity index (χ2n) is 8.24. The summed E-state index contributed by atoms with van der Waals surface area (Å²) >= 11 is 0. The zero-order chi connectivity index (χ0) is 20.8. The maximum atomic E-state index is 13.3. The minimum Gasteiger partial charge on any atom is -0.381 e. The van der Waals surface area contributed by atoms with Gasteiger partial charge in [0.15, 0.2) is 0 Å². The normalized spacial score (nSPS) is 19.3. The molecule has 0 atom stereocenters. The molecule has 2 saturated heterocycles. The molecule has 2 fully saturated rings. The number of piperidine rings is 1. The van der Waals surface area contributed by atoms with E-state index in [-0.39, 0.29) is 11.8 Å². The van der Waals surface area contributed by atoms with Crippen LogP contribution in [-0.2, 0) is 14.9 Å². The first kappa shape index (κ1) is 20.5. The molecule has 2 amide bonds. The molecule has 0 bridgehead atoms. The fourth-order valence-corrected chi connectivity index (χ4v) is 4.55. The number of pyridine rings is 1. The fourth-order valence-electron chi connectivity index (χ4n) is 4.55. The van der Waals surface area contributed by atoms with Gasteiger partial charge in [0.2, 0.25) is 5.91 Å². The van der Waals surface area contributed by atoms with Gasteiger partial charge in [0.05, 0.1) is 5.41 Å². The van der Waals surface area contributed by atoms with Crippen LogP contribution in [0.3, 0.4) is 0 Å². The number of carbonyl (C=O) groups is 2. The zero-order valence-corrected chi connectivity index (χ0v) is 17.3. The van der Waals surface area contributed by atoms with E-state index in [9.17, 15) is 9.59 Å². The quantitative estimate of drug-likeness (QED) is 0.827. The molecule has 1 aromatic carbocycles. The van der Waals surface area contributed by atoms with Gasteiger partial charge in [0.25, 0.3) is 5.91 Å². The molecule has 1 N–H and O–H groups in total. The van der Waals surface area contributed by atoms with Crippen molar-refractivity contribution >= 4 is 11.8 Å². The molecule has 6 nitrogen and oxygen atoms in total. The summed E-state index contributed by atoms with van der Waals surface area (Å²) in [5, 5.41) is 3.23. The number of likely N-dealkylation sites (tertiary alicyclic amines) is 1. The Bertz CT molecular complexity index is 843. The lowest BCUT2D eigenvalue weighted by Crippen LogP contribution is -2.50. The molecular weight excluding hydrogens is 378 g/mol. The van der Waals surface area contributed by atoms with Crippen molar-refractivity contribution in [3.05, 3.63) is 66.0 Å². The zero-order valence-electron chi connectivity index (χ0n) is 17.3. The molecule has 2 aliphatic rings. The maximum absolute atomic E-state index is 13.3. The van der Waals surface area contributed by atoms with E-state index in [1.807, 2.05) is 35.2 Å². The number of hydrogen-bond donors (Lipinski definition) is 1. The van der Waals surface area contributed by atoms with Crippen molar-refractivity contribution in [3.8, 4) is 0 Å². The highest BCUT2D eigenvalue weighted by molar-refractivity contribution is 5.94. The molecule has 0 aliphatic carbocycles. The highest BCUT2D eigenvalue weighted by Gasteiger charge is 2.41. The lowest BCUT2D eigenvalue weighted by Gasteiger charge is -2.37. The average Bonchev–Trinajstić information content (AvgIpc) is 2.84. The molecular formula is C24H29N3O3. The van der Waals surface area contributed by atoms with Gasteiger partial charge in [-0.2, -0.15) is 0 Å². The minimum absolute atomic E-state index is 0.0603. The van der Waals surface area contributed by atoms with Gasteiger partial charge in [0, 0.05) is 50.8 Å². The molecule has 0 spiro atoms. The second kappa shape index (κ2) is 9.39. The predicted molar refractivity (Wildman–Crippen MR) is 114 cm³/mol. The summed E-state index contributed by atoms with van der Waals surface area (Å²) in [5.74, 6) is 0.556. The Labute approximate surface area is 177 Å². The maximum Gasteiger partial charge on any atom is 0.253 e. The van der Waals surface area contributed by atoms with Crippen molar-refractivity contribution in [1.82, 2.24) is 15.2 Å². The smallest absolute Gasteiger partial charge is 0.253 e. The molecule has 30 heavy (non-hydrogen) atoms. The average molecular weight is 408 g/mol. The number of benzene rings is 1. The molecule has 2 aromatic rings. The van der Waals surface area contributed by atoms with Crippen molar-refractivity contribution < 1.29 is 14.3 Å². The van der Waals surface area contributed by atoms with E-state index in [0.29, 0.717) is 44.1 Å². The number of hydrogen-bond acceptors (Lipinski definition) is 4. The van der Waals surface area contributed by atoms with Crippen LogP contribution >= 0.6 is 0 Å². The first-order valence-corrected chi connectivity index (χ1v) is 10.8. The molecule has 6 heteroatoms. The Hall–Kier alpha value is -2.73. The molecule has 0 saturated carbocycles. The van der Waals surface area contributed by atoms with E-state index in [4.69, 9.17) is 4.74 Å². The summed E-state index contributed by atoms with van der Waals surface area (Å²) in [6.07, 6.45) is 6.52. The van der Waals surface area contributed by atoms with E-state index in [1.54, 1.807) is 24.5 Å². The SMILES string of the molecule is O=C(c1ccncc1)N1CCC(CNC(=O)C2(c3ccccc3)CCOCC2)CC1. The van der Waals surface area contributed by atoms with Crippen LogP contribution in [0.15, 0.2) is 54.9 Å². The Balaban J connectivity index is 1.32. The summed E-state index contributed by atoms with van der Waals surface area (Å²) in [4.78, 5) is 31.8. The number of rotatable bonds is 5. The van der Waals surface area contributed by atoms with E-state index in [1.165, 1.54) is 0 Å². The van der Waals surface area contributed by atoms with Crippen LogP contribution < -0.4 is 5.32 Å².